The van der Waals surface area contributed by atoms with Gasteiger partial charge < -0.3 is 77.4 Å². The Labute approximate surface area is 831 Å². The highest BCUT2D eigenvalue weighted by Gasteiger charge is 2.42. The van der Waals surface area contributed by atoms with E-state index in [4.69, 9.17) is 26.7 Å². The standard InChI is InChI=1S/C30H34F4N6O3.C27H32FN5.C25H25FN6O.C24H30F4N4O2S/c1-29(2,3)43-28(42)37-16-23(20-8-10-21(11-9-20)30(32,33)34)40(22-12-13-22)27-25(31)26(38-17-39-27)36-15-19-6-4-18(5-7-19)14-24(35)41;1-18(2)23-10-8-22(9-11-23)16-33(24-12-13-24)27-25(28)26(31-17-32-27)30-15-21-6-4-20(5-7-21)14-19(3)29;1-31(16-20-8-10-21(11-9-20)32-12-2-3-13-32)25-23(26)24(29-17-30-25)28-15-19-6-4-18(5-7-19)14-22(27)33;1-35(2,33)15-23(9-11-34-12-10-23)14-29-21-20(25)22(31-16-30-21)32(19-7-8-19)13-17-3-5-18(6-4-17)24(26,27)28/h4-11,17,22-23H,12-16H2,1-3H3,(H2,35,41)(H,37,42)(H,36,38,39);4-11,17-18,24H,3,12-16,29H2,1-2H3,(H,30,31,32);2-13,17H,14-16H2,1H3,(H2,27,33)(H,28,29,30);3-6,16,19H,1,7-15H2,2H3,(H,29,30,31). The van der Waals surface area contributed by atoms with Crippen molar-refractivity contribution in [3.05, 3.63) is 328 Å². The molecule has 2 atom stereocenters. The van der Waals surface area contributed by atoms with E-state index in [1.807, 2.05) is 102 Å². The first-order valence-corrected chi connectivity index (χ1v) is 49.6. The van der Waals surface area contributed by atoms with Gasteiger partial charge in [0.25, 0.3) is 0 Å². The van der Waals surface area contributed by atoms with Crippen molar-refractivity contribution in [2.24, 2.45) is 22.6 Å². The van der Waals surface area contributed by atoms with Crippen LogP contribution in [0.2, 0.25) is 0 Å². The molecule has 3 saturated carbocycles. The van der Waals surface area contributed by atoms with Crippen LogP contribution in [-0.2, 0) is 99.5 Å². The van der Waals surface area contributed by atoms with Crippen LogP contribution >= 0.6 is 0 Å². The number of carbonyl (C=O) groups excluding carboxylic acids is 3. The molecule has 5 aromatic heterocycles. The summed E-state index contributed by atoms with van der Waals surface area (Å²) in [6.45, 7) is 17.0. The van der Waals surface area contributed by atoms with Crippen LogP contribution in [0, 0.1) is 28.7 Å². The van der Waals surface area contributed by atoms with Crippen molar-refractivity contribution >= 4 is 79.8 Å². The van der Waals surface area contributed by atoms with Gasteiger partial charge in [0.1, 0.15) is 30.9 Å². The van der Waals surface area contributed by atoms with Gasteiger partial charge in [-0.3, -0.25) is 13.8 Å². The zero-order valence-electron chi connectivity index (χ0n) is 81.3. The number of benzene rings is 7. The lowest BCUT2D eigenvalue weighted by Crippen LogP contribution is -2.42. The Morgan fingerprint density at radius 1 is 0.493 bits per heavy atom. The van der Waals surface area contributed by atoms with E-state index in [0.29, 0.717) is 118 Å². The van der Waals surface area contributed by atoms with Gasteiger partial charge in [-0.25, -0.2) is 44.7 Å². The minimum Gasteiger partial charge on any atom is -0.444 e. The molecule has 0 bridgehead atoms. The molecule has 3 aliphatic carbocycles. The number of alkyl halides is 6. The van der Waals surface area contributed by atoms with E-state index in [-0.39, 0.29) is 96.6 Å². The fraction of sp³-hybridized carbons (Fsp3) is 0.358. The van der Waals surface area contributed by atoms with Crippen molar-refractivity contribution in [3.63, 3.8) is 0 Å². The average molecular weight is 2010 g/mol. The maximum Gasteiger partial charge on any atom is 0.416 e. The zero-order chi connectivity index (χ0) is 103. The highest BCUT2D eigenvalue weighted by Crippen LogP contribution is 2.43. The maximum atomic E-state index is 16.0. The Bertz CT molecular complexity index is 6400. The first-order valence-electron chi connectivity index (χ1n) is 47.3. The lowest BCUT2D eigenvalue weighted by molar-refractivity contribution is -0.138. The molecule has 144 heavy (non-hydrogen) atoms. The SMILES string of the molecule is C=C(N)Cc1ccc(CNc2ncnc(N(Cc3ccc(C(C)C)cc3)C3CC3)c2F)cc1.C=S(C)(=O)CC1(CNc2ncnc(N(Cc3ccc(C(F)(F)F)cc3)C3CC3)c2F)CCOCC1.CC(C)(C)OC(=O)NCC(c1ccc(C(F)(F)F)cc1)N(c1ncnc(NCc2ccc(CC(N)=O)cc2)c1F)C1CC1.CN(Cc1ccc(-n2cccc2)cc1)c1ncnc(NCc2ccc(CC(N)=O)cc2)c1F. The number of alkyl carbamates (subject to hydrolysis) is 1. The maximum absolute atomic E-state index is 16.0. The van der Waals surface area contributed by atoms with E-state index in [1.165, 1.54) is 55.1 Å². The topological polar surface area (TPSA) is 346 Å². The van der Waals surface area contributed by atoms with E-state index < -0.39 is 79.9 Å². The number of anilines is 8. The highest BCUT2D eigenvalue weighted by molar-refractivity contribution is 7.99. The molecular weight excluding hydrogens is 1890 g/mol. The van der Waals surface area contributed by atoms with E-state index in [0.717, 1.165) is 100 Å². The van der Waals surface area contributed by atoms with Crippen LogP contribution in [0.5, 0.6) is 0 Å². The molecule has 7 aromatic carbocycles. The molecule has 16 rings (SSSR count). The summed E-state index contributed by atoms with van der Waals surface area (Å²) in [6, 6.07) is 52.0. The number of ether oxygens (including phenoxy) is 2. The quantitative estimate of drug-likeness (QED) is 0.0131. The second-order valence-corrected chi connectivity index (χ2v) is 40.6. The van der Waals surface area contributed by atoms with Crippen LogP contribution in [0.15, 0.2) is 232 Å². The third kappa shape index (κ3) is 31.5. The molecule has 38 heteroatoms. The number of nitrogens with zero attached hydrogens (tertiary/aromatic N) is 13. The van der Waals surface area contributed by atoms with Crippen molar-refractivity contribution < 1.29 is 72.0 Å². The number of aromatic nitrogens is 9. The van der Waals surface area contributed by atoms with Crippen LogP contribution in [-0.4, -0.2) is 142 Å². The normalized spacial score (nSPS) is 14.5. The second kappa shape index (κ2) is 48.1. The lowest BCUT2D eigenvalue weighted by Gasteiger charge is -2.38. The van der Waals surface area contributed by atoms with Gasteiger partial charge in [0.2, 0.25) is 35.1 Å². The number of rotatable bonds is 39. The summed E-state index contributed by atoms with van der Waals surface area (Å²) in [4.78, 5) is 75.2. The monoisotopic (exact) mass is 2010 g/mol. The third-order valence-corrected chi connectivity index (χ3v) is 25.5. The molecule has 4 aliphatic rings. The van der Waals surface area contributed by atoms with Crippen molar-refractivity contribution in [2.45, 2.75) is 193 Å². The summed E-state index contributed by atoms with van der Waals surface area (Å²) >= 11 is 0. The summed E-state index contributed by atoms with van der Waals surface area (Å²) in [5.74, 6) is 2.58. The lowest BCUT2D eigenvalue weighted by atomic mass is 9.82. The molecule has 2 unspecified atom stereocenters. The smallest absolute Gasteiger partial charge is 0.416 e. The van der Waals surface area contributed by atoms with Crippen LogP contribution in [0.25, 0.3) is 5.69 Å². The number of amides is 3. The Morgan fingerprint density at radius 3 is 1.26 bits per heavy atom. The summed E-state index contributed by atoms with van der Waals surface area (Å²) in [5, 5.41) is 14.9. The predicted octanol–water partition coefficient (Wildman–Crippen LogP) is 19.1. The Kier molecular flexibility index (Phi) is 35.7. The fourth-order valence-corrected chi connectivity index (χ4v) is 18.2. The summed E-state index contributed by atoms with van der Waals surface area (Å²) in [6.07, 6.45) is 8.76. The Morgan fingerprint density at radius 2 is 0.854 bits per heavy atom. The molecule has 4 fully saturated rings. The summed E-state index contributed by atoms with van der Waals surface area (Å²) in [7, 11) is -0.471. The summed E-state index contributed by atoms with van der Waals surface area (Å²) in [5.41, 5.74) is 25.2. The number of hydrogen-bond acceptors (Lipinski definition) is 23. The predicted molar refractivity (Wildman–Crippen MR) is 541 cm³/mol. The molecule has 6 heterocycles. The molecule has 1 saturated heterocycles. The van der Waals surface area contributed by atoms with Crippen molar-refractivity contribution in [1.29, 1.82) is 0 Å². The molecule has 762 valence electrons. The number of primary amides is 2. The van der Waals surface area contributed by atoms with Crippen LogP contribution < -0.4 is 63.4 Å². The largest absolute Gasteiger partial charge is 0.444 e. The van der Waals surface area contributed by atoms with E-state index in [1.54, 1.807) is 73.0 Å². The van der Waals surface area contributed by atoms with Crippen molar-refractivity contribution in [3.8, 4) is 5.69 Å². The molecule has 1 aliphatic heterocycles. The van der Waals surface area contributed by atoms with Gasteiger partial charge in [0, 0.05) is 138 Å². The van der Waals surface area contributed by atoms with E-state index in [9.17, 15) is 44.9 Å². The van der Waals surface area contributed by atoms with Gasteiger partial charge in [-0.2, -0.15) is 43.9 Å². The third-order valence-electron chi connectivity index (χ3n) is 24.3. The van der Waals surface area contributed by atoms with Crippen LogP contribution in [0.3, 0.4) is 0 Å². The first-order chi connectivity index (χ1) is 68.6. The fourth-order valence-electron chi connectivity index (χ4n) is 16.5. The minimum atomic E-state index is -4.53. The number of nitrogens with one attached hydrogen (secondary N) is 5. The molecular formula is C106H121F10N21O6S. The average Bonchev–Trinajstić information content (AvgIpc) is 1.63. The minimum absolute atomic E-state index is 0.0469. The number of halogens is 10. The number of hydrogen-bond donors (Lipinski definition) is 8. The van der Waals surface area contributed by atoms with Crippen LogP contribution in [0.4, 0.5) is 95.2 Å². The molecule has 12 aromatic rings. The number of nitrogens with two attached hydrogens (primary N) is 3. The zero-order valence-corrected chi connectivity index (χ0v) is 82.1. The highest BCUT2D eigenvalue weighted by atomic mass is 32.2. The Hall–Kier alpha value is -14.4. The molecule has 0 radical (unpaired) electrons. The Balaban J connectivity index is 0.000000162. The van der Waals surface area contributed by atoms with Gasteiger partial charge in [-0.05, 0) is 203 Å². The number of allylic oxidation sites excluding steroid dienone is 1. The van der Waals surface area contributed by atoms with Crippen molar-refractivity contribution in [2.75, 3.05) is 86.2 Å². The molecule has 11 N–H and O–H groups in total. The molecule has 0 spiro atoms. The van der Waals surface area contributed by atoms with Crippen LogP contribution in [0.1, 0.15) is 170 Å². The summed E-state index contributed by atoms with van der Waals surface area (Å²) < 4.78 is 166. The van der Waals surface area contributed by atoms with Gasteiger partial charge in [-0.1, -0.05) is 154 Å². The van der Waals surface area contributed by atoms with Gasteiger partial charge in [0.05, 0.1) is 30.0 Å². The van der Waals surface area contributed by atoms with E-state index >= 15 is 17.6 Å². The molecule has 3 amide bonds. The first kappa shape index (κ1) is 107. The van der Waals surface area contributed by atoms with Crippen molar-refractivity contribution in [1.82, 2.24) is 49.8 Å². The number of carbonyl (C=O) groups is 3. The van der Waals surface area contributed by atoms with Gasteiger partial charge in [-0.15, -0.1) is 0 Å². The second-order valence-electron chi connectivity index (χ2n) is 37.9. The van der Waals surface area contributed by atoms with Gasteiger partial charge in [0.15, 0.2) is 46.5 Å². The van der Waals surface area contributed by atoms with E-state index in [2.05, 4.69) is 122 Å². The van der Waals surface area contributed by atoms with Gasteiger partial charge >= 0.3 is 18.4 Å². The molecule has 27 nitrogen and oxygen atoms in total.